The quantitative estimate of drug-likeness (QED) is 0.556. The third-order valence-corrected chi connectivity index (χ3v) is 3.02. The van der Waals surface area contributed by atoms with E-state index in [1.54, 1.807) is 0 Å². The van der Waals surface area contributed by atoms with Crippen LogP contribution in [-0.2, 0) is 4.79 Å². The fourth-order valence-corrected chi connectivity index (χ4v) is 1.72. The minimum absolute atomic E-state index is 0.0239. The molecule has 0 saturated carbocycles. The molecule has 0 N–H and O–H groups in total. The zero-order chi connectivity index (χ0) is 8.48. The average molecular weight is 173 g/mol. The van der Waals surface area contributed by atoms with Gasteiger partial charge in [-0.05, 0) is 19.3 Å². The number of halogens is 1. The summed E-state index contributed by atoms with van der Waals surface area (Å²) >= 11 is 6.02. The molecule has 0 unspecified atom stereocenters. The van der Waals surface area contributed by atoms with E-state index >= 15 is 0 Å². The summed E-state index contributed by atoms with van der Waals surface area (Å²) in [5.41, 5.74) is 0.818. The molecule has 1 aliphatic rings. The maximum absolute atomic E-state index is 10.5. The van der Waals surface area contributed by atoms with Gasteiger partial charge >= 0.3 is 0 Å². The first-order valence-corrected chi connectivity index (χ1v) is 4.30. The molecule has 0 spiro atoms. The van der Waals surface area contributed by atoms with E-state index in [4.69, 9.17) is 11.6 Å². The van der Waals surface area contributed by atoms with Crippen molar-refractivity contribution in [2.45, 2.75) is 33.1 Å². The second kappa shape index (κ2) is 2.98. The SMILES string of the molecule is CC1(C)CCCC(C=O)=C1Cl. The molecule has 0 amide bonds. The second-order valence-electron chi connectivity index (χ2n) is 3.69. The smallest absolute Gasteiger partial charge is 0.147 e. The lowest BCUT2D eigenvalue weighted by Gasteiger charge is -2.29. The Morgan fingerprint density at radius 2 is 2.18 bits per heavy atom. The summed E-state index contributed by atoms with van der Waals surface area (Å²) in [5, 5.41) is 0.763. The van der Waals surface area contributed by atoms with Gasteiger partial charge in [-0.2, -0.15) is 0 Å². The summed E-state index contributed by atoms with van der Waals surface area (Å²) < 4.78 is 0. The van der Waals surface area contributed by atoms with Crippen LogP contribution in [0.15, 0.2) is 10.6 Å². The van der Waals surface area contributed by atoms with Crippen molar-refractivity contribution in [2.75, 3.05) is 0 Å². The number of carbonyl (C=O) groups excluding carboxylic acids is 1. The van der Waals surface area contributed by atoms with Crippen molar-refractivity contribution in [1.82, 2.24) is 0 Å². The van der Waals surface area contributed by atoms with E-state index in [2.05, 4.69) is 13.8 Å². The predicted octanol–water partition coefficient (Wildman–Crippen LogP) is 2.89. The van der Waals surface area contributed by atoms with Gasteiger partial charge in [0.15, 0.2) is 0 Å². The molecule has 0 aromatic heterocycles. The highest BCUT2D eigenvalue weighted by Gasteiger charge is 2.28. The van der Waals surface area contributed by atoms with Gasteiger partial charge < -0.3 is 0 Å². The summed E-state index contributed by atoms with van der Waals surface area (Å²) in [6, 6.07) is 0. The zero-order valence-electron chi connectivity index (χ0n) is 6.98. The largest absolute Gasteiger partial charge is 0.298 e. The molecule has 0 aliphatic heterocycles. The zero-order valence-corrected chi connectivity index (χ0v) is 7.74. The molecule has 11 heavy (non-hydrogen) atoms. The average Bonchev–Trinajstić information content (AvgIpc) is 1.95. The van der Waals surface area contributed by atoms with Crippen LogP contribution in [0.3, 0.4) is 0 Å². The lowest BCUT2D eigenvalue weighted by molar-refractivity contribution is -0.105. The van der Waals surface area contributed by atoms with Crippen LogP contribution >= 0.6 is 11.6 Å². The normalized spacial score (nSPS) is 23.5. The maximum Gasteiger partial charge on any atom is 0.147 e. The molecular weight excluding hydrogens is 160 g/mol. The molecule has 1 aliphatic carbocycles. The first-order chi connectivity index (χ1) is 5.08. The van der Waals surface area contributed by atoms with E-state index < -0.39 is 0 Å². The van der Waals surface area contributed by atoms with Gasteiger partial charge in [0.05, 0.1) is 0 Å². The molecule has 0 radical (unpaired) electrons. The molecule has 0 aromatic carbocycles. The summed E-state index contributed by atoms with van der Waals surface area (Å²) in [6.45, 7) is 4.16. The first-order valence-electron chi connectivity index (χ1n) is 3.92. The molecule has 0 saturated heterocycles. The molecule has 0 heterocycles. The van der Waals surface area contributed by atoms with Gasteiger partial charge in [-0.3, -0.25) is 4.79 Å². The molecular formula is C9H13ClO. The molecule has 2 heteroatoms. The molecule has 0 aromatic rings. The standard InChI is InChI=1S/C9H13ClO/c1-9(2)5-3-4-7(6-11)8(9)10/h6H,3-5H2,1-2H3. The van der Waals surface area contributed by atoms with Crippen LogP contribution in [0.25, 0.3) is 0 Å². The van der Waals surface area contributed by atoms with E-state index in [-0.39, 0.29) is 5.41 Å². The van der Waals surface area contributed by atoms with E-state index in [0.717, 1.165) is 36.2 Å². The Morgan fingerprint density at radius 3 is 2.64 bits per heavy atom. The number of aldehydes is 1. The topological polar surface area (TPSA) is 17.1 Å². The van der Waals surface area contributed by atoms with Gasteiger partial charge in [0.2, 0.25) is 0 Å². The Balaban J connectivity index is 2.98. The van der Waals surface area contributed by atoms with Crippen LogP contribution in [-0.4, -0.2) is 6.29 Å². The minimum atomic E-state index is 0.0239. The van der Waals surface area contributed by atoms with Crippen molar-refractivity contribution < 1.29 is 4.79 Å². The fourth-order valence-electron chi connectivity index (χ4n) is 1.49. The van der Waals surface area contributed by atoms with Crippen LogP contribution < -0.4 is 0 Å². The van der Waals surface area contributed by atoms with Crippen molar-refractivity contribution in [3.8, 4) is 0 Å². The Morgan fingerprint density at radius 1 is 1.55 bits per heavy atom. The van der Waals surface area contributed by atoms with Crippen molar-refractivity contribution >= 4 is 17.9 Å². The monoisotopic (exact) mass is 172 g/mol. The van der Waals surface area contributed by atoms with Crippen LogP contribution in [0.1, 0.15) is 33.1 Å². The van der Waals surface area contributed by atoms with Crippen molar-refractivity contribution in [1.29, 1.82) is 0 Å². The number of hydrogen-bond donors (Lipinski definition) is 0. The fraction of sp³-hybridized carbons (Fsp3) is 0.667. The highest BCUT2D eigenvalue weighted by molar-refractivity contribution is 6.31. The van der Waals surface area contributed by atoms with Gasteiger partial charge in [-0.15, -0.1) is 0 Å². The van der Waals surface area contributed by atoms with Gasteiger partial charge in [0.25, 0.3) is 0 Å². The third kappa shape index (κ3) is 1.64. The lowest BCUT2D eigenvalue weighted by atomic mass is 9.79. The number of carbonyl (C=O) groups is 1. The number of hydrogen-bond acceptors (Lipinski definition) is 1. The molecule has 0 bridgehead atoms. The second-order valence-corrected chi connectivity index (χ2v) is 4.07. The van der Waals surface area contributed by atoms with Crippen LogP contribution in [0.2, 0.25) is 0 Å². The van der Waals surface area contributed by atoms with Crippen LogP contribution in [0.5, 0.6) is 0 Å². The van der Waals surface area contributed by atoms with E-state index in [1.807, 2.05) is 0 Å². The first kappa shape index (κ1) is 8.79. The van der Waals surface area contributed by atoms with E-state index in [1.165, 1.54) is 0 Å². The lowest BCUT2D eigenvalue weighted by Crippen LogP contribution is -2.18. The van der Waals surface area contributed by atoms with Gasteiger partial charge in [-0.25, -0.2) is 0 Å². The van der Waals surface area contributed by atoms with E-state index in [9.17, 15) is 4.79 Å². The Bertz CT molecular complexity index is 204. The highest BCUT2D eigenvalue weighted by Crippen LogP contribution is 2.41. The van der Waals surface area contributed by atoms with Gasteiger partial charge in [0, 0.05) is 16.0 Å². The predicted molar refractivity (Wildman–Crippen MR) is 46.6 cm³/mol. The highest BCUT2D eigenvalue weighted by atomic mass is 35.5. The molecule has 1 nitrogen and oxygen atoms in total. The summed E-state index contributed by atoms with van der Waals surface area (Å²) in [5.74, 6) is 0. The van der Waals surface area contributed by atoms with E-state index in [0.29, 0.717) is 0 Å². The van der Waals surface area contributed by atoms with Crippen LogP contribution in [0.4, 0.5) is 0 Å². The summed E-state index contributed by atoms with van der Waals surface area (Å²) in [4.78, 5) is 10.5. The molecule has 0 fully saturated rings. The van der Waals surface area contributed by atoms with Crippen molar-refractivity contribution in [2.24, 2.45) is 5.41 Å². The minimum Gasteiger partial charge on any atom is -0.298 e. The Hall–Kier alpha value is -0.300. The molecule has 1 rings (SSSR count). The van der Waals surface area contributed by atoms with Gasteiger partial charge in [-0.1, -0.05) is 25.4 Å². The molecule has 62 valence electrons. The molecule has 0 atom stereocenters. The Labute approximate surface area is 72.4 Å². The van der Waals surface area contributed by atoms with Crippen molar-refractivity contribution in [3.63, 3.8) is 0 Å². The summed E-state index contributed by atoms with van der Waals surface area (Å²) in [7, 11) is 0. The van der Waals surface area contributed by atoms with Gasteiger partial charge in [0.1, 0.15) is 6.29 Å². The van der Waals surface area contributed by atoms with Crippen molar-refractivity contribution in [3.05, 3.63) is 10.6 Å². The summed E-state index contributed by atoms with van der Waals surface area (Å²) in [6.07, 6.45) is 3.91. The maximum atomic E-state index is 10.5. The van der Waals surface area contributed by atoms with Crippen LogP contribution in [0, 0.1) is 5.41 Å². The number of rotatable bonds is 1. The number of allylic oxidation sites excluding steroid dienone is 2. The Kier molecular flexibility index (Phi) is 2.38. The third-order valence-electron chi connectivity index (χ3n) is 2.27.